The van der Waals surface area contributed by atoms with Crippen molar-refractivity contribution in [2.24, 2.45) is 0 Å². The lowest BCUT2D eigenvalue weighted by Gasteiger charge is -2.36. The molecule has 2 aliphatic rings. The molecule has 0 aromatic heterocycles. The van der Waals surface area contributed by atoms with Gasteiger partial charge in [-0.2, -0.15) is 0 Å². The highest BCUT2D eigenvalue weighted by Crippen LogP contribution is 2.57. The second-order valence-corrected chi connectivity index (χ2v) is 7.60. The summed E-state index contributed by atoms with van der Waals surface area (Å²) < 4.78 is 22.4. The molecule has 3 aromatic carbocycles. The van der Waals surface area contributed by atoms with Gasteiger partial charge in [-0.25, -0.2) is 4.79 Å². The minimum Gasteiger partial charge on any atom is -0.456 e. The molecule has 2 heterocycles. The molecule has 0 atom stereocenters. The van der Waals surface area contributed by atoms with Crippen LogP contribution in [-0.4, -0.2) is 24.2 Å². The quantitative estimate of drug-likeness (QED) is 0.340. The Morgan fingerprint density at radius 2 is 1.39 bits per heavy atom. The summed E-state index contributed by atoms with van der Waals surface area (Å²) in [5.74, 6) is -0.548. The van der Waals surface area contributed by atoms with Crippen LogP contribution in [0.2, 0.25) is 0 Å². The molecular weight excluding hydrogens is 428 g/mol. The van der Waals surface area contributed by atoms with E-state index in [4.69, 9.17) is 18.9 Å². The Labute approximate surface area is 187 Å². The van der Waals surface area contributed by atoms with Crippen molar-refractivity contribution in [2.45, 2.75) is 19.4 Å². The Kier molecular flexibility index (Phi) is 4.52. The van der Waals surface area contributed by atoms with E-state index in [1.54, 1.807) is 42.5 Å². The van der Waals surface area contributed by atoms with Crippen LogP contribution in [0.1, 0.15) is 51.3 Å². The third-order valence-corrected chi connectivity index (χ3v) is 5.43. The van der Waals surface area contributed by atoms with Gasteiger partial charge in [-0.15, -0.1) is 0 Å². The van der Waals surface area contributed by atoms with Gasteiger partial charge in [0.05, 0.1) is 5.56 Å². The summed E-state index contributed by atoms with van der Waals surface area (Å²) in [7, 11) is 0. The Morgan fingerprint density at radius 1 is 0.818 bits per heavy atom. The van der Waals surface area contributed by atoms with E-state index in [2.05, 4.69) is 0 Å². The van der Waals surface area contributed by atoms with Crippen LogP contribution in [0.15, 0.2) is 54.6 Å². The van der Waals surface area contributed by atoms with Crippen molar-refractivity contribution in [3.05, 3.63) is 82.4 Å². The predicted molar refractivity (Wildman–Crippen MR) is 113 cm³/mol. The van der Waals surface area contributed by atoms with E-state index in [-0.39, 0.29) is 23.0 Å². The monoisotopic (exact) mass is 444 g/mol. The normalized spacial score (nSPS) is 14.3. The Hall–Kier alpha value is -4.46. The molecule has 2 aliphatic heterocycles. The van der Waals surface area contributed by atoms with E-state index in [0.29, 0.717) is 34.1 Å². The van der Waals surface area contributed by atoms with E-state index in [1.165, 1.54) is 26.0 Å². The highest BCUT2D eigenvalue weighted by Gasteiger charge is 2.53. The number of benzene rings is 3. The number of fused-ring (bicyclic) bond motifs is 6. The van der Waals surface area contributed by atoms with Crippen LogP contribution in [0, 0.1) is 0 Å². The summed E-state index contributed by atoms with van der Waals surface area (Å²) in [5.41, 5.74) is 0.713. The van der Waals surface area contributed by atoms with Crippen molar-refractivity contribution < 1.29 is 38.1 Å². The van der Waals surface area contributed by atoms with Crippen LogP contribution in [0.3, 0.4) is 0 Å². The fourth-order valence-corrected chi connectivity index (χ4v) is 4.23. The standard InChI is InChI=1S/C25H16O8/c1-13(27)30-16-4-7-19-22(10-16)32-23-11-17(31-14(2)28)5-8-20(23)25(19)21-9-15(12-26)3-6-18(21)24(29)33-25/h3-12H,1-2H3. The molecule has 0 N–H and O–H groups in total. The smallest absolute Gasteiger partial charge is 0.340 e. The van der Waals surface area contributed by atoms with Crippen LogP contribution in [0.4, 0.5) is 0 Å². The van der Waals surface area contributed by atoms with Crippen molar-refractivity contribution in [2.75, 3.05) is 0 Å². The molecule has 0 bridgehead atoms. The molecule has 8 nitrogen and oxygen atoms in total. The van der Waals surface area contributed by atoms with E-state index < -0.39 is 23.5 Å². The van der Waals surface area contributed by atoms with Crippen LogP contribution < -0.4 is 14.2 Å². The average Bonchev–Trinajstić information content (AvgIpc) is 3.05. The Balaban J connectivity index is 1.79. The van der Waals surface area contributed by atoms with Gasteiger partial charge in [0, 0.05) is 48.2 Å². The summed E-state index contributed by atoms with van der Waals surface area (Å²) in [6.45, 7) is 2.55. The first-order valence-corrected chi connectivity index (χ1v) is 9.98. The zero-order valence-electron chi connectivity index (χ0n) is 17.5. The lowest BCUT2D eigenvalue weighted by atomic mass is 9.77. The first-order valence-electron chi connectivity index (χ1n) is 9.98. The number of rotatable bonds is 3. The minimum absolute atomic E-state index is 0.238. The van der Waals surface area contributed by atoms with E-state index in [9.17, 15) is 19.2 Å². The van der Waals surface area contributed by atoms with E-state index >= 15 is 0 Å². The van der Waals surface area contributed by atoms with Gasteiger partial charge in [-0.3, -0.25) is 14.4 Å². The minimum atomic E-state index is -1.42. The molecule has 3 aromatic rings. The van der Waals surface area contributed by atoms with Crippen LogP contribution in [0.25, 0.3) is 0 Å². The van der Waals surface area contributed by atoms with Gasteiger partial charge in [0.1, 0.15) is 29.3 Å². The number of hydrogen-bond acceptors (Lipinski definition) is 8. The Morgan fingerprint density at radius 3 is 1.91 bits per heavy atom. The summed E-state index contributed by atoms with van der Waals surface area (Å²) in [5, 5.41) is 0. The highest BCUT2D eigenvalue weighted by atomic mass is 16.6. The summed E-state index contributed by atoms with van der Waals surface area (Å²) >= 11 is 0. The van der Waals surface area contributed by atoms with Crippen molar-refractivity contribution >= 4 is 24.2 Å². The van der Waals surface area contributed by atoms with Gasteiger partial charge < -0.3 is 18.9 Å². The Bertz CT molecular complexity index is 1310. The largest absolute Gasteiger partial charge is 0.456 e. The molecule has 33 heavy (non-hydrogen) atoms. The third kappa shape index (κ3) is 3.15. The zero-order valence-corrected chi connectivity index (χ0v) is 17.5. The van der Waals surface area contributed by atoms with E-state index in [1.807, 2.05) is 0 Å². The summed E-state index contributed by atoms with van der Waals surface area (Å²) in [4.78, 5) is 47.3. The molecule has 0 saturated carbocycles. The first-order chi connectivity index (χ1) is 15.8. The molecular formula is C25H16O8. The molecule has 0 fully saturated rings. The SMILES string of the molecule is CC(=O)Oc1ccc2c(c1)Oc1cc(OC(C)=O)ccc1C21OC(=O)c2ccc(C=O)cc21. The van der Waals surface area contributed by atoms with Gasteiger partial charge in [0.15, 0.2) is 5.60 Å². The molecule has 0 unspecified atom stereocenters. The molecule has 0 aliphatic carbocycles. The zero-order chi connectivity index (χ0) is 23.3. The maximum atomic E-state index is 12.9. The highest BCUT2D eigenvalue weighted by molar-refractivity contribution is 5.98. The third-order valence-electron chi connectivity index (χ3n) is 5.43. The number of carbonyl (C=O) groups is 4. The van der Waals surface area contributed by atoms with Gasteiger partial charge in [0.2, 0.25) is 0 Å². The lowest BCUT2D eigenvalue weighted by Crippen LogP contribution is -2.33. The van der Waals surface area contributed by atoms with Gasteiger partial charge in [0.25, 0.3) is 0 Å². The maximum absolute atomic E-state index is 12.9. The van der Waals surface area contributed by atoms with Crippen LogP contribution in [-0.2, 0) is 19.9 Å². The number of ether oxygens (including phenoxy) is 4. The topological polar surface area (TPSA) is 105 Å². The van der Waals surface area contributed by atoms with Crippen LogP contribution >= 0.6 is 0 Å². The number of carbonyl (C=O) groups excluding carboxylic acids is 4. The second kappa shape index (κ2) is 7.30. The van der Waals surface area contributed by atoms with Crippen molar-refractivity contribution in [1.82, 2.24) is 0 Å². The molecule has 1 spiro atoms. The van der Waals surface area contributed by atoms with Crippen molar-refractivity contribution in [3.8, 4) is 23.0 Å². The van der Waals surface area contributed by atoms with E-state index in [0.717, 1.165) is 0 Å². The predicted octanol–water partition coefficient (Wildman–Crippen LogP) is 3.92. The first kappa shape index (κ1) is 20.4. The van der Waals surface area contributed by atoms with Crippen molar-refractivity contribution in [3.63, 3.8) is 0 Å². The van der Waals surface area contributed by atoms with Gasteiger partial charge in [-0.1, -0.05) is 6.07 Å². The molecule has 0 saturated heterocycles. The molecule has 164 valence electrons. The lowest BCUT2D eigenvalue weighted by molar-refractivity contribution is -0.132. The molecule has 0 amide bonds. The fraction of sp³-hybridized carbons (Fsp3) is 0.120. The number of esters is 3. The fourth-order valence-electron chi connectivity index (χ4n) is 4.23. The van der Waals surface area contributed by atoms with Gasteiger partial charge >= 0.3 is 17.9 Å². The summed E-state index contributed by atoms with van der Waals surface area (Å²) in [6.07, 6.45) is 0.686. The molecule has 0 radical (unpaired) electrons. The number of hydrogen-bond donors (Lipinski definition) is 0. The van der Waals surface area contributed by atoms with Crippen molar-refractivity contribution in [1.29, 1.82) is 0 Å². The van der Waals surface area contributed by atoms with Gasteiger partial charge in [-0.05, 0) is 36.4 Å². The molecule has 5 rings (SSSR count). The van der Waals surface area contributed by atoms with Crippen LogP contribution in [0.5, 0.6) is 23.0 Å². The average molecular weight is 444 g/mol. The number of aldehydes is 1. The summed E-state index contributed by atoms with van der Waals surface area (Å²) in [6, 6.07) is 14.1. The maximum Gasteiger partial charge on any atom is 0.340 e. The second-order valence-electron chi connectivity index (χ2n) is 7.60. The molecule has 8 heteroatoms.